The van der Waals surface area contributed by atoms with Gasteiger partial charge in [0.1, 0.15) is 0 Å². The average molecular weight is 292 g/mol. The first kappa shape index (κ1) is 16.0. The number of piperazine rings is 1. The van der Waals surface area contributed by atoms with Crippen LogP contribution < -0.4 is 15.4 Å². The van der Waals surface area contributed by atoms with E-state index in [4.69, 9.17) is 10.5 Å². The quantitative estimate of drug-likeness (QED) is 0.863. The fourth-order valence-electron chi connectivity index (χ4n) is 2.62. The molecule has 0 bridgehead atoms. The molecule has 0 aromatic carbocycles. The zero-order valence-corrected chi connectivity index (χ0v) is 13.5. The Kier molecular flexibility index (Phi) is 5.82. The zero-order valence-electron chi connectivity index (χ0n) is 13.5. The van der Waals surface area contributed by atoms with Crippen molar-refractivity contribution in [1.29, 1.82) is 0 Å². The van der Waals surface area contributed by atoms with Crippen molar-refractivity contribution in [3.63, 3.8) is 0 Å². The molecule has 5 nitrogen and oxygen atoms in total. The number of hydrogen-bond acceptors (Lipinski definition) is 5. The molecule has 2 rings (SSSR count). The van der Waals surface area contributed by atoms with E-state index in [1.807, 2.05) is 32.2 Å². The van der Waals surface area contributed by atoms with E-state index in [1.54, 1.807) is 0 Å². The van der Waals surface area contributed by atoms with E-state index in [0.29, 0.717) is 5.92 Å². The van der Waals surface area contributed by atoms with Crippen LogP contribution in [0.3, 0.4) is 0 Å². The first-order valence-electron chi connectivity index (χ1n) is 7.89. The molecule has 0 amide bonds. The fourth-order valence-corrected chi connectivity index (χ4v) is 2.62. The SMILES string of the molecule is CC(CN)CN1CCN(c2ncccc2OC(C)C)CC1. The lowest BCUT2D eigenvalue weighted by Crippen LogP contribution is -2.48. The highest BCUT2D eigenvalue weighted by molar-refractivity contribution is 5.52. The van der Waals surface area contributed by atoms with Gasteiger partial charge in [-0.25, -0.2) is 4.98 Å². The lowest BCUT2D eigenvalue weighted by molar-refractivity contribution is 0.222. The number of ether oxygens (including phenoxy) is 1. The van der Waals surface area contributed by atoms with Crippen LogP contribution in [0.2, 0.25) is 0 Å². The van der Waals surface area contributed by atoms with E-state index >= 15 is 0 Å². The highest BCUT2D eigenvalue weighted by Crippen LogP contribution is 2.27. The summed E-state index contributed by atoms with van der Waals surface area (Å²) in [5.74, 6) is 2.42. The molecule has 1 saturated heterocycles. The first-order chi connectivity index (χ1) is 10.1. The van der Waals surface area contributed by atoms with Crippen LogP contribution in [0.15, 0.2) is 18.3 Å². The number of rotatable bonds is 6. The van der Waals surface area contributed by atoms with Crippen molar-refractivity contribution in [1.82, 2.24) is 9.88 Å². The van der Waals surface area contributed by atoms with Crippen LogP contribution in [0, 0.1) is 5.92 Å². The molecule has 1 aromatic rings. The van der Waals surface area contributed by atoms with Gasteiger partial charge in [-0.1, -0.05) is 6.92 Å². The van der Waals surface area contributed by atoms with E-state index in [-0.39, 0.29) is 6.10 Å². The maximum atomic E-state index is 5.87. The van der Waals surface area contributed by atoms with Crippen molar-refractivity contribution < 1.29 is 4.74 Å². The zero-order chi connectivity index (χ0) is 15.2. The summed E-state index contributed by atoms with van der Waals surface area (Å²) in [6.07, 6.45) is 2.01. The van der Waals surface area contributed by atoms with Gasteiger partial charge in [0.25, 0.3) is 0 Å². The molecule has 2 heterocycles. The third-order valence-electron chi connectivity index (χ3n) is 3.76. The molecule has 0 radical (unpaired) electrons. The van der Waals surface area contributed by atoms with E-state index in [1.165, 1.54) is 0 Å². The van der Waals surface area contributed by atoms with E-state index < -0.39 is 0 Å². The van der Waals surface area contributed by atoms with Crippen LogP contribution in [-0.2, 0) is 0 Å². The molecule has 118 valence electrons. The molecule has 0 spiro atoms. The molecular formula is C16H28N4O. The molecule has 1 aliphatic heterocycles. The van der Waals surface area contributed by atoms with Crippen molar-refractivity contribution in [2.24, 2.45) is 11.7 Å². The van der Waals surface area contributed by atoms with Crippen LogP contribution in [0.5, 0.6) is 5.75 Å². The molecular weight excluding hydrogens is 264 g/mol. The largest absolute Gasteiger partial charge is 0.487 e. The van der Waals surface area contributed by atoms with Crippen LogP contribution in [0.4, 0.5) is 5.82 Å². The highest BCUT2D eigenvalue weighted by atomic mass is 16.5. The number of anilines is 1. The number of aromatic nitrogens is 1. The molecule has 5 heteroatoms. The van der Waals surface area contributed by atoms with Crippen molar-refractivity contribution in [3.8, 4) is 5.75 Å². The lowest BCUT2D eigenvalue weighted by atomic mass is 10.1. The second kappa shape index (κ2) is 7.61. The van der Waals surface area contributed by atoms with Gasteiger partial charge in [0.15, 0.2) is 11.6 Å². The molecule has 1 aliphatic rings. The molecule has 0 aliphatic carbocycles. The summed E-state index contributed by atoms with van der Waals surface area (Å²) in [4.78, 5) is 9.33. The molecule has 21 heavy (non-hydrogen) atoms. The molecule has 0 saturated carbocycles. The van der Waals surface area contributed by atoms with Gasteiger partial charge in [0.05, 0.1) is 6.10 Å². The Labute approximate surface area is 128 Å². The second-order valence-electron chi connectivity index (χ2n) is 6.12. The van der Waals surface area contributed by atoms with Gasteiger partial charge in [-0.2, -0.15) is 0 Å². The smallest absolute Gasteiger partial charge is 0.171 e. The van der Waals surface area contributed by atoms with Gasteiger partial charge < -0.3 is 15.4 Å². The third kappa shape index (κ3) is 4.58. The monoisotopic (exact) mass is 292 g/mol. The summed E-state index contributed by atoms with van der Waals surface area (Å²) in [5, 5.41) is 0. The highest BCUT2D eigenvalue weighted by Gasteiger charge is 2.21. The van der Waals surface area contributed by atoms with E-state index in [0.717, 1.165) is 50.8 Å². The van der Waals surface area contributed by atoms with Crippen LogP contribution in [-0.4, -0.2) is 55.3 Å². The maximum absolute atomic E-state index is 5.87. The predicted molar refractivity (Wildman–Crippen MR) is 86.9 cm³/mol. The normalized spacial score (nSPS) is 18.0. The summed E-state index contributed by atoms with van der Waals surface area (Å²) in [6, 6.07) is 3.94. The molecule has 1 unspecified atom stereocenters. The topological polar surface area (TPSA) is 54.6 Å². The van der Waals surface area contributed by atoms with E-state index in [2.05, 4.69) is 21.7 Å². The van der Waals surface area contributed by atoms with E-state index in [9.17, 15) is 0 Å². The summed E-state index contributed by atoms with van der Waals surface area (Å²) < 4.78 is 5.87. The van der Waals surface area contributed by atoms with Crippen LogP contribution >= 0.6 is 0 Å². The second-order valence-corrected chi connectivity index (χ2v) is 6.12. The Balaban J connectivity index is 1.96. The van der Waals surface area contributed by atoms with Gasteiger partial charge in [0.2, 0.25) is 0 Å². The van der Waals surface area contributed by atoms with Crippen molar-refractivity contribution >= 4 is 5.82 Å². The summed E-state index contributed by atoms with van der Waals surface area (Å²) >= 11 is 0. The fraction of sp³-hybridized carbons (Fsp3) is 0.688. The Morgan fingerprint density at radius 3 is 2.57 bits per heavy atom. The summed E-state index contributed by atoms with van der Waals surface area (Å²) in [6.45, 7) is 12.2. The van der Waals surface area contributed by atoms with Gasteiger partial charge in [-0.15, -0.1) is 0 Å². The Bertz CT molecular complexity index is 430. The number of nitrogens with zero attached hydrogens (tertiary/aromatic N) is 3. The first-order valence-corrected chi connectivity index (χ1v) is 7.89. The van der Waals surface area contributed by atoms with Crippen molar-refractivity contribution in [2.75, 3.05) is 44.2 Å². The maximum Gasteiger partial charge on any atom is 0.171 e. The van der Waals surface area contributed by atoms with Crippen LogP contribution in [0.1, 0.15) is 20.8 Å². The predicted octanol–water partition coefficient (Wildman–Crippen LogP) is 1.59. The molecule has 1 fully saturated rings. The Hall–Kier alpha value is -1.33. The number of pyridine rings is 1. The van der Waals surface area contributed by atoms with Gasteiger partial charge in [-0.3, -0.25) is 4.90 Å². The summed E-state index contributed by atoms with van der Waals surface area (Å²) in [5.41, 5.74) is 5.71. The van der Waals surface area contributed by atoms with Gasteiger partial charge in [-0.05, 0) is 38.4 Å². The molecule has 1 aromatic heterocycles. The average Bonchev–Trinajstić information content (AvgIpc) is 2.48. The number of nitrogens with two attached hydrogens (primary N) is 1. The lowest BCUT2D eigenvalue weighted by Gasteiger charge is -2.37. The standard InChI is InChI=1S/C16H28N4O/c1-13(2)21-15-5-4-6-18-16(15)20-9-7-19(8-10-20)12-14(3)11-17/h4-6,13-14H,7-12,17H2,1-3H3. The Morgan fingerprint density at radius 1 is 1.24 bits per heavy atom. The minimum Gasteiger partial charge on any atom is -0.487 e. The van der Waals surface area contributed by atoms with Gasteiger partial charge in [0, 0.05) is 38.9 Å². The minimum atomic E-state index is 0.166. The molecule has 1 atom stereocenters. The number of hydrogen-bond donors (Lipinski definition) is 1. The molecule has 2 N–H and O–H groups in total. The van der Waals surface area contributed by atoms with Crippen molar-refractivity contribution in [2.45, 2.75) is 26.9 Å². The van der Waals surface area contributed by atoms with Crippen molar-refractivity contribution in [3.05, 3.63) is 18.3 Å². The minimum absolute atomic E-state index is 0.166. The van der Waals surface area contributed by atoms with Gasteiger partial charge >= 0.3 is 0 Å². The van der Waals surface area contributed by atoms with Crippen LogP contribution in [0.25, 0.3) is 0 Å². The Morgan fingerprint density at radius 2 is 1.95 bits per heavy atom. The summed E-state index contributed by atoms with van der Waals surface area (Å²) in [7, 11) is 0. The third-order valence-corrected chi connectivity index (χ3v) is 3.76.